The Balaban J connectivity index is 1.74. The third-order valence-corrected chi connectivity index (χ3v) is 3.77. The van der Waals surface area contributed by atoms with Crippen molar-refractivity contribution in [2.45, 2.75) is 6.54 Å². The third kappa shape index (κ3) is 2.96. The van der Waals surface area contributed by atoms with Crippen LogP contribution in [-0.2, 0) is 6.54 Å². The van der Waals surface area contributed by atoms with Crippen LogP contribution < -0.4 is 19.5 Å². The average Bonchev–Trinajstić information content (AvgIpc) is 2.92. The van der Waals surface area contributed by atoms with E-state index in [9.17, 15) is 0 Å². The van der Waals surface area contributed by atoms with Gasteiger partial charge in [0.25, 0.3) is 0 Å². The molecular formula is C15H13Cl2NO3. The molecule has 4 nitrogen and oxygen atoms in total. The fourth-order valence-electron chi connectivity index (χ4n) is 2.07. The van der Waals surface area contributed by atoms with Crippen molar-refractivity contribution in [1.29, 1.82) is 0 Å². The second-order valence-corrected chi connectivity index (χ2v) is 5.32. The highest BCUT2D eigenvalue weighted by Crippen LogP contribution is 2.39. The summed E-state index contributed by atoms with van der Waals surface area (Å²) in [5, 5.41) is 4.42. The minimum Gasteiger partial charge on any atom is -0.495 e. The molecule has 21 heavy (non-hydrogen) atoms. The average molecular weight is 326 g/mol. The van der Waals surface area contributed by atoms with Gasteiger partial charge in [-0.1, -0.05) is 29.3 Å². The first-order chi connectivity index (χ1) is 10.2. The molecule has 0 unspecified atom stereocenters. The number of benzene rings is 2. The number of ether oxygens (including phenoxy) is 3. The van der Waals surface area contributed by atoms with Crippen LogP contribution in [0, 0.1) is 0 Å². The zero-order valence-corrected chi connectivity index (χ0v) is 12.8. The maximum Gasteiger partial charge on any atom is 0.231 e. The van der Waals surface area contributed by atoms with E-state index < -0.39 is 0 Å². The molecule has 0 aromatic heterocycles. The molecule has 3 rings (SSSR count). The van der Waals surface area contributed by atoms with Crippen LogP contribution in [0.25, 0.3) is 0 Å². The number of rotatable bonds is 4. The largest absolute Gasteiger partial charge is 0.495 e. The molecule has 1 heterocycles. The van der Waals surface area contributed by atoms with E-state index in [1.165, 1.54) is 0 Å². The predicted molar refractivity (Wildman–Crippen MR) is 82.9 cm³/mol. The molecule has 2 aromatic rings. The van der Waals surface area contributed by atoms with Gasteiger partial charge in [-0.05, 0) is 17.7 Å². The number of hydrogen-bond acceptors (Lipinski definition) is 4. The van der Waals surface area contributed by atoms with Crippen molar-refractivity contribution in [2.24, 2.45) is 0 Å². The van der Waals surface area contributed by atoms with Crippen LogP contribution >= 0.6 is 23.2 Å². The predicted octanol–water partition coefficient (Wildman–Crippen LogP) is 4.34. The minimum absolute atomic E-state index is 0.225. The first kappa shape index (κ1) is 14.2. The van der Waals surface area contributed by atoms with Gasteiger partial charge < -0.3 is 19.5 Å². The molecule has 1 aliphatic heterocycles. The minimum atomic E-state index is 0.225. The van der Waals surface area contributed by atoms with Crippen LogP contribution in [0.3, 0.4) is 0 Å². The van der Waals surface area contributed by atoms with Crippen molar-refractivity contribution in [2.75, 3.05) is 19.2 Å². The fraction of sp³-hybridized carbons (Fsp3) is 0.200. The van der Waals surface area contributed by atoms with E-state index in [1.54, 1.807) is 13.2 Å². The molecule has 1 aliphatic rings. The summed E-state index contributed by atoms with van der Waals surface area (Å²) in [6, 6.07) is 9.20. The second kappa shape index (κ2) is 5.92. The normalized spacial score (nSPS) is 12.3. The van der Waals surface area contributed by atoms with Crippen molar-refractivity contribution in [3.8, 4) is 17.2 Å². The van der Waals surface area contributed by atoms with E-state index in [4.69, 9.17) is 37.4 Å². The standard InChI is InChI=1S/C15H13Cl2NO3/c1-19-13-3-2-9(4-11(13)17)7-18-12-6-15-14(5-10(12)16)20-8-21-15/h2-6,18H,7-8H2,1H3. The first-order valence-corrected chi connectivity index (χ1v) is 7.08. The second-order valence-electron chi connectivity index (χ2n) is 4.51. The van der Waals surface area contributed by atoms with Crippen LogP contribution in [0.5, 0.6) is 17.2 Å². The first-order valence-electron chi connectivity index (χ1n) is 6.33. The van der Waals surface area contributed by atoms with E-state index >= 15 is 0 Å². The molecule has 0 atom stereocenters. The number of methoxy groups -OCH3 is 1. The maximum atomic E-state index is 6.21. The van der Waals surface area contributed by atoms with E-state index in [1.807, 2.05) is 24.3 Å². The highest BCUT2D eigenvalue weighted by molar-refractivity contribution is 6.33. The van der Waals surface area contributed by atoms with Gasteiger partial charge in [-0.15, -0.1) is 0 Å². The van der Waals surface area contributed by atoms with Crippen LogP contribution in [0.4, 0.5) is 5.69 Å². The summed E-state index contributed by atoms with van der Waals surface area (Å²) in [5.74, 6) is 2.01. The summed E-state index contributed by atoms with van der Waals surface area (Å²) in [6.45, 7) is 0.812. The van der Waals surface area contributed by atoms with E-state index in [0.29, 0.717) is 33.8 Å². The Labute approximate surface area is 132 Å². The van der Waals surface area contributed by atoms with Gasteiger partial charge in [0.05, 0.1) is 22.8 Å². The Morgan fingerprint density at radius 2 is 1.86 bits per heavy atom. The Morgan fingerprint density at radius 1 is 1.10 bits per heavy atom. The van der Waals surface area contributed by atoms with Gasteiger partial charge in [-0.2, -0.15) is 0 Å². The smallest absolute Gasteiger partial charge is 0.231 e. The number of hydrogen-bond donors (Lipinski definition) is 1. The molecule has 0 spiro atoms. The Bertz CT molecular complexity index is 676. The van der Waals surface area contributed by atoms with Gasteiger partial charge in [0.15, 0.2) is 11.5 Å². The van der Waals surface area contributed by atoms with Crippen LogP contribution in [-0.4, -0.2) is 13.9 Å². The van der Waals surface area contributed by atoms with Crippen LogP contribution in [0.15, 0.2) is 30.3 Å². The van der Waals surface area contributed by atoms with Crippen LogP contribution in [0.1, 0.15) is 5.56 Å². The molecule has 0 aliphatic carbocycles. The van der Waals surface area contributed by atoms with Crippen molar-refractivity contribution in [3.05, 3.63) is 45.9 Å². The monoisotopic (exact) mass is 325 g/mol. The van der Waals surface area contributed by atoms with Gasteiger partial charge in [-0.3, -0.25) is 0 Å². The third-order valence-electron chi connectivity index (χ3n) is 3.16. The Hall–Kier alpha value is -1.78. The number of fused-ring (bicyclic) bond motifs is 1. The Morgan fingerprint density at radius 3 is 2.57 bits per heavy atom. The lowest BCUT2D eigenvalue weighted by Gasteiger charge is -2.11. The number of nitrogens with one attached hydrogen (secondary N) is 1. The molecule has 0 saturated carbocycles. The summed E-state index contributed by atoms with van der Waals surface area (Å²) in [7, 11) is 1.59. The molecule has 110 valence electrons. The fourth-order valence-corrected chi connectivity index (χ4v) is 2.57. The summed E-state index contributed by atoms with van der Waals surface area (Å²) >= 11 is 12.3. The zero-order chi connectivity index (χ0) is 14.8. The number of anilines is 1. The zero-order valence-electron chi connectivity index (χ0n) is 11.3. The van der Waals surface area contributed by atoms with Crippen molar-refractivity contribution < 1.29 is 14.2 Å². The summed E-state index contributed by atoms with van der Waals surface area (Å²) in [6.07, 6.45) is 0. The van der Waals surface area contributed by atoms with E-state index in [2.05, 4.69) is 5.32 Å². The molecule has 1 N–H and O–H groups in total. The number of halogens is 2. The lowest BCUT2D eigenvalue weighted by molar-refractivity contribution is 0.174. The highest BCUT2D eigenvalue weighted by atomic mass is 35.5. The molecule has 0 saturated heterocycles. The van der Waals surface area contributed by atoms with E-state index in [-0.39, 0.29) is 6.79 Å². The molecule has 0 amide bonds. The van der Waals surface area contributed by atoms with Crippen molar-refractivity contribution >= 4 is 28.9 Å². The van der Waals surface area contributed by atoms with Crippen molar-refractivity contribution in [1.82, 2.24) is 0 Å². The molecule has 0 bridgehead atoms. The van der Waals surface area contributed by atoms with Gasteiger partial charge in [-0.25, -0.2) is 0 Å². The maximum absolute atomic E-state index is 6.21. The topological polar surface area (TPSA) is 39.7 Å². The van der Waals surface area contributed by atoms with Crippen molar-refractivity contribution in [3.63, 3.8) is 0 Å². The summed E-state index contributed by atoms with van der Waals surface area (Å²) in [4.78, 5) is 0. The summed E-state index contributed by atoms with van der Waals surface area (Å²) < 4.78 is 15.7. The molecule has 2 aromatic carbocycles. The molecular weight excluding hydrogens is 313 g/mol. The van der Waals surface area contributed by atoms with E-state index in [0.717, 1.165) is 11.3 Å². The van der Waals surface area contributed by atoms with Gasteiger partial charge >= 0.3 is 0 Å². The lowest BCUT2D eigenvalue weighted by atomic mass is 10.2. The molecule has 0 fully saturated rings. The lowest BCUT2D eigenvalue weighted by Crippen LogP contribution is -2.00. The highest BCUT2D eigenvalue weighted by Gasteiger charge is 2.16. The Kier molecular flexibility index (Phi) is 3.99. The van der Waals surface area contributed by atoms with Crippen LogP contribution in [0.2, 0.25) is 10.0 Å². The van der Waals surface area contributed by atoms with Gasteiger partial charge in [0.1, 0.15) is 5.75 Å². The van der Waals surface area contributed by atoms with Gasteiger partial charge in [0, 0.05) is 18.7 Å². The molecule has 6 heteroatoms. The summed E-state index contributed by atoms with van der Waals surface area (Å²) in [5.41, 5.74) is 1.81. The SMILES string of the molecule is COc1ccc(CNc2cc3c(cc2Cl)OCO3)cc1Cl. The quantitative estimate of drug-likeness (QED) is 0.907. The van der Waals surface area contributed by atoms with Gasteiger partial charge in [0.2, 0.25) is 6.79 Å². The molecule has 0 radical (unpaired) electrons.